The van der Waals surface area contributed by atoms with E-state index < -0.39 is 0 Å². The molecule has 196 valence electrons. The lowest BCUT2D eigenvalue weighted by Gasteiger charge is -2.27. The molecule has 1 amide bonds. The summed E-state index contributed by atoms with van der Waals surface area (Å²) in [6.45, 7) is 7.33. The predicted octanol–water partition coefficient (Wildman–Crippen LogP) is 2.55. The normalized spacial score (nSPS) is 16.5. The summed E-state index contributed by atoms with van der Waals surface area (Å²) in [5, 5.41) is 8.09. The number of morpholine rings is 2. The van der Waals surface area contributed by atoms with Crippen molar-refractivity contribution in [2.45, 2.75) is 6.54 Å². The Bertz CT molecular complexity index is 1230. The van der Waals surface area contributed by atoms with Gasteiger partial charge in [0.1, 0.15) is 5.75 Å². The minimum atomic E-state index is -0.0520. The van der Waals surface area contributed by atoms with E-state index in [2.05, 4.69) is 25.3 Å². The molecule has 0 spiro atoms. The summed E-state index contributed by atoms with van der Waals surface area (Å²) in [5.41, 5.74) is 2.56. The predicted molar refractivity (Wildman–Crippen MR) is 139 cm³/mol. The Morgan fingerprint density at radius 3 is 2.59 bits per heavy atom. The summed E-state index contributed by atoms with van der Waals surface area (Å²) in [6.07, 6.45) is 5.25. The lowest BCUT2D eigenvalue weighted by atomic mass is 10.1. The molecule has 4 heterocycles. The zero-order chi connectivity index (χ0) is 25.6. The third-order valence-corrected chi connectivity index (χ3v) is 6.67. The first-order chi connectivity index (χ1) is 18.1. The van der Waals surface area contributed by atoms with E-state index in [0.29, 0.717) is 60.0 Å². The molecule has 2 saturated heterocycles. The van der Waals surface area contributed by atoms with Crippen molar-refractivity contribution < 1.29 is 19.0 Å². The number of nitrogens with one attached hydrogen (secondary N) is 1. The fraction of sp³-hybridized carbons (Fsp3) is 0.440. The number of nitrogens with zero attached hydrogens (tertiary/aromatic N) is 6. The minimum absolute atomic E-state index is 0.0520. The summed E-state index contributed by atoms with van der Waals surface area (Å²) in [6, 6.07) is 5.27. The molecule has 0 atom stereocenters. The van der Waals surface area contributed by atoms with Crippen molar-refractivity contribution in [1.29, 1.82) is 0 Å². The number of aromatic nitrogens is 4. The zero-order valence-electron chi connectivity index (χ0n) is 20.7. The molecule has 2 fully saturated rings. The van der Waals surface area contributed by atoms with Gasteiger partial charge in [0.2, 0.25) is 5.95 Å². The molecule has 3 aromatic rings. The molecule has 0 bridgehead atoms. The highest BCUT2D eigenvalue weighted by molar-refractivity contribution is 6.32. The quantitative estimate of drug-likeness (QED) is 0.473. The minimum Gasteiger partial charge on any atom is -0.495 e. The van der Waals surface area contributed by atoms with Gasteiger partial charge in [0.15, 0.2) is 0 Å². The maximum absolute atomic E-state index is 12.9. The number of carbonyl (C=O) groups excluding carboxylic acids is 1. The number of benzene rings is 1. The van der Waals surface area contributed by atoms with Crippen LogP contribution >= 0.6 is 11.6 Å². The first kappa shape index (κ1) is 25.4. The second-order valence-electron chi connectivity index (χ2n) is 8.78. The number of rotatable bonds is 8. The van der Waals surface area contributed by atoms with Crippen molar-refractivity contribution in [2.24, 2.45) is 0 Å². The molecule has 0 aliphatic carbocycles. The number of amides is 1. The molecular weight excluding hydrogens is 498 g/mol. The molecule has 12 heteroatoms. The monoisotopic (exact) mass is 527 g/mol. The third kappa shape index (κ3) is 6.19. The van der Waals surface area contributed by atoms with Gasteiger partial charge in [0.05, 0.1) is 68.9 Å². The first-order valence-electron chi connectivity index (χ1n) is 12.3. The molecule has 37 heavy (non-hydrogen) atoms. The van der Waals surface area contributed by atoms with Gasteiger partial charge in [-0.1, -0.05) is 11.6 Å². The zero-order valence-corrected chi connectivity index (χ0v) is 21.5. The Balaban J connectivity index is 1.29. The van der Waals surface area contributed by atoms with Crippen LogP contribution in [0.15, 0.2) is 36.8 Å². The number of hydrogen-bond acceptors (Lipinski definition) is 9. The van der Waals surface area contributed by atoms with Crippen molar-refractivity contribution in [3.8, 4) is 17.0 Å². The van der Waals surface area contributed by atoms with E-state index in [-0.39, 0.29) is 5.91 Å². The Kier molecular flexibility index (Phi) is 8.15. The smallest absolute Gasteiger partial charge is 0.254 e. The van der Waals surface area contributed by atoms with Crippen LogP contribution in [0.4, 0.5) is 11.6 Å². The van der Waals surface area contributed by atoms with E-state index >= 15 is 0 Å². The Morgan fingerprint density at radius 1 is 1.08 bits per heavy atom. The Hall–Kier alpha value is -3.25. The number of hydrogen-bond donors (Lipinski definition) is 1. The van der Waals surface area contributed by atoms with Gasteiger partial charge < -0.3 is 24.4 Å². The van der Waals surface area contributed by atoms with Crippen LogP contribution in [0.1, 0.15) is 10.4 Å². The van der Waals surface area contributed by atoms with E-state index in [4.69, 9.17) is 25.8 Å². The fourth-order valence-electron chi connectivity index (χ4n) is 4.30. The lowest BCUT2D eigenvalue weighted by molar-refractivity contribution is 0.0302. The van der Waals surface area contributed by atoms with Crippen molar-refractivity contribution in [3.05, 3.63) is 47.4 Å². The summed E-state index contributed by atoms with van der Waals surface area (Å²) in [7, 11) is 1.56. The topological polar surface area (TPSA) is 107 Å². The number of anilines is 2. The van der Waals surface area contributed by atoms with Crippen molar-refractivity contribution >= 4 is 29.1 Å². The van der Waals surface area contributed by atoms with E-state index in [1.807, 2.05) is 10.9 Å². The average Bonchev–Trinajstić information content (AvgIpc) is 3.42. The highest BCUT2D eigenvalue weighted by Crippen LogP contribution is 2.31. The van der Waals surface area contributed by atoms with Crippen LogP contribution in [-0.4, -0.2) is 102 Å². The molecule has 5 rings (SSSR count). The third-order valence-electron chi connectivity index (χ3n) is 6.39. The molecule has 11 nitrogen and oxygen atoms in total. The molecule has 2 aromatic heterocycles. The summed E-state index contributed by atoms with van der Waals surface area (Å²) < 4.78 is 18.2. The molecule has 1 N–H and O–H groups in total. The van der Waals surface area contributed by atoms with Crippen LogP contribution in [-0.2, 0) is 16.0 Å². The van der Waals surface area contributed by atoms with Crippen molar-refractivity contribution in [1.82, 2.24) is 29.5 Å². The van der Waals surface area contributed by atoms with Crippen LogP contribution in [0.25, 0.3) is 11.3 Å². The molecule has 2 aliphatic rings. The number of halogens is 1. The maximum atomic E-state index is 12.9. The largest absolute Gasteiger partial charge is 0.495 e. The molecule has 1 aromatic carbocycles. The molecule has 0 saturated carbocycles. The van der Waals surface area contributed by atoms with Crippen LogP contribution < -0.4 is 10.1 Å². The second kappa shape index (κ2) is 11.9. The van der Waals surface area contributed by atoms with Gasteiger partial charge in [-0.15, -0.1) is 0 Å². The second-order valence-corrected chi connectivity index (χ2v) is 9.19. The van der Waals surface area contributed by atoms with Crippen molar-refractivity contribution in [2.75, 3.05) is 71.6 Å². The SMILES string of the molecule is COc1cc(C(=O)N2CCOCC2)ccc1Nc1ncc(Cl)c(-c2cnn(CCN3CCOCC3)c2)n1. The summed E-state index contributed by atoms with van der Waals surface area (Å²) >= 11 is 6.44. The fourth-order valence-corrected chi connectivity index (χ4v) is 4.50. The van der Waals surface area contributed by atoms with E-state index in [9.17, 15) is 4.79 Å². The van der Waals surface area contributed by atoms with Gasteiger partial charge in [-0.25, -0.2) is 9.97 Å². The van der Waals surface area contributed by atoms with Gasteiger partial charge in [-0.05, 0) is 18.2 Å². The first-order valence-corrected chi connectivity index (χ1v) is 12.7. The highest BCUT2D eigenvalue weighted by atomic mass is 35.5. The standard InChI is InChI=1S/C25H30ClN7O4/c1-35-22-14-18(24(34)32-8-12-37-13-9-32)2-3-21(22)29-25-27-16-20(26)23(30-25)19-15-28-33(17-19)5-4-31-6-10-36-11-7-31/h2-3,14-17H,4-13H2,1H3,(H,27,29,30). The maximum Gasteiger partial charge on any atom is 0.254 e. The van der Waals surface area contributed by atoms with Gasteiger partial charge >= 0.3 is 0 Å². The van der Waals surface area contributed by atoms with Crippen LogP contribution in [0, 0.1) is 0 Å². The molecule has 0 unspecified atom stereocenters. The number of methoxy groups -OCH3 is 1. The van der Waals surface area contributed by atoms with E-state index in [1.165, 1.54) is 0 Å². The van der Waals surface area contributed by atoms with Gasteiger partial charge in [-0.3, -0.25) is 14.4 Å². The van der Waals surface area contributed by atoms with Crippen LogP contribution in [0.5, 0.6) is 5.75 Å². The van der Waals surface area contributed by atoms with E-state index in [1.54, 1.807) is 42.6 Å². The highest BCUT2D eigenvalue weighted by Gasteiger charge is 2.20. The van der Waals surface area contributed by atoms with Gasteiger partial charge in [0, 0.05) is 50.0 Å². The molecular formula is C25H30ClN7O4. The van der Waals surface area contributed by atoms with Crippen LogP contribution in [0.2, 0.25) is 5.02 Å². The molecule has 0 radical (unpaired) electrons. The van der Waals surface area contributed by atoms with Crippen molar-refractivity contribution in [3.63, 3.8) is 0 Å². The number of ether oxygens (including phenoxy) is 3. The van der Waals surface area contributed by atoms with Gasteiger partial charge in [0.25, 0.3) is 5.91 Å². The number of carbonyl (C=O) groups is 1. The van der Waals surface area contributed by atoms with E-state index in [0.717, 1.165) is 45.0 Å². The lowest BCUT2D eigenvalue weighted by Crippen LogP contribution is -2.40. The van der Waals surface area contributed by atoms with Gasteiger partial charge in [-0.2, -0.15) is 5.10 Å². The molecule has 2 aliphatic heterocycles. The van der Waals surface area contributed by atoms with Crippen LogP contribution in [0.3, 0.4) is 0 Å². The summed E-state index contributed by atoms with van der Waals surface area (Å²) in [4.78, 5) is 25.9. The average molecular weight is 528 g/mol. The Morgan fingerprint density at radius 2 is 1.84 bits per heavy atom. The Labute approximate surface area is 220 Å². The summed E-state index contributed by atoms with van der Waals surface area (Å²) in [5.74, 6) is 0.810.